The lowest BCUT2D eigenvalue weighted by molar-refractivity contribution is -0.143. The molecule has 2 rings (SSSR count). The van der Waals surface area contributed by atoms with Crippen molar-refractivity contribution in [3.63, 3.8) is 0 Å². The minimum absolute atomic E-state index is 0.0674. The quantitative estimate of drug-likeness (QED) is 0.572. The first kappa shape index (κ1) is 16.5. The van der Waals surface area contributed by atoms with E-state index in [1.54, 1.807) is 6.92 Å². The molecule has 0 spiro atoms. The maximum absolute atomic E-state index is 12.1. The number of nitrogens with zero attached hydrogens (tertiary/aromatic N) is 1. The van der Waals surface area contributed by atoms with Gasteiger partial charge in [-0.3, -0.25) is 9.59 Å². The molecule has 1 aromatic carbocycles. The van der Waals surface area contributed by atoms with Gasteiger partial charge in [0.15, 0.2) is 5.78 Å². The molecule has 0 atom stereocenters. The molecule has 0 aliphatic carbocycles. The fourth-order valence-electron chi connectivity index (χ4n) is 2.45. The maximum Gasteiger partial charge on any atom is 0.305 e. The number of rotatable bonds is 7. The second-order valence-corrected chi connectivity index (χ2v) is 5.23. The minimum atomic E-state index is -0.238. The zero-order chi connectivity index (χ0) is 15.8. The lowest BCUT2D eigenvalue weighted by Gasteiger charge is -2.28. The van der Waals surface area contributed by atoms with Crippen molar-refractivity contribution in [3.05, 3.63) is 29.8 Å². The normalized spacial score (nSPS) is 14.7. The molecule has 120 valence electrons. The molecule has 22 heavy (non-hydrogen) atoms. The number of ether oxygens (including phenoxy) is 2. The Labute approximate surface area is 131 Å². The molecule has 0 aromatic heterocycles. The molecular formula is C17H23NO4. The Morgan fingerprint density at radius 3 is 2.45 bits per heavy atom. The van der Waals surface area contributed by atoms with Crippen LogP contribution in [0.3, 0.4) is 0 Å². The van der Waals surface area contributed by atoms with Gasteiger partial charge in [0, 0.05) is 37.2 Å². The van der Waals surface area contributed by atoms with E-state index in [-0.39, 0.29) is 11.8 Å². The Balaban J connectivity index is 1.81. The van der Waals surface area contributed by atoms with Gasteiger partial charge in [-0.2, -0.15) is 0 Å². The molecule has 0 bridgehead atoms. The molecule has 1 fully saturated rings. The molecule has 5 heteroatoms. The lowest BCUT2D eigenvalue weighted by atomic mass is 10.0. The highest BCUT2D eigenvalue weighted by molar-refractivity contribution is 5.96. The van der Waals surface area contributed by atoms with Crippen molar-refractivity contribution in [1.82, 2.24) is 0 Å². The molecule has 0 amide bonds. The second kappa shape index (κ2) is 8.54. The van der Waals surface area contributed by atoms with Crippen LogP contribution in [0.1, 0.15) is 36.5 Å². The Morgan fingerprint density at radius 1 is 1.14 bits per heavy atom. The number of ketones is 1. The van der Waals surface area contributed by atoms with Crippen LogP contribution in [0.2, 0.25) is 0 Å². The average molecular weight is 305 g/mol. The molecule has 1 aliphatic heterocycles. The van der Waals surface area contributed by atoms with Crippen molar-refractivity contribution >= 4 is 17.4 Å². The van der Waals surface area contributed by atoms with Crippen molar-refractivity contribution in [2.24, 2.45) is 0 Å². The van der Waals surface area contributed by atoms with Crippen LogP contribution in [0, 0.1) is 0 Å². The third kappa shape index (κ3) is 4.84. The average Bonchev–Trinajstić information content (AvgIpc) is 2.56. The highest BCUT2D eigenvalue weighted by Crippen LogP contribution is 2.18. The number of benzene rings is 1. The molecule has 1 heterocycles. The highest BCUT2D eigenvalue weighted by Gasteiger charge is 2.12. The molecule has 5 nitrogen and oxygen atoms in total. The first-order valence-electron chi connectivity index (χ1n) is 7.82. The van der Waals surface area contributed by atoms with E-state index < -0.39 is 0 Å². The molecule has 0 saturated carbocycles. The first-order valence-corrected chi connectivity index (χ1v) is 7.82. The van der Waals surface area contributed by atoms with E-state index in [9.17, 15) is 9.59 Å². The predicted molar refractivity (Wildman–Crippen MR) is 84.3 cm³/mol. The maximum atomic E-state index is 12.1. The molecule has 0 N–H and O–H groups in total. The van der Waals surface area contributed by atoms with Gasteiger partial charge >= 0.3 is 5.97 Å². The van der Waals surface area contributed by atoms with Crippen LogP contribution in [0.5, 0.6) is 0 Å². The van der Waals surface area contributed by atoms with Crippen LogP contribution in [0.25, 0.3) is 0 Å². The van der Waals surface area contributed by atoms with Gasteiger partial charge in [0.25, 0.3) is 0 Å². The van der Waals surface area contributed by atoms with E-state index in [0.717, 1.165) is 32.0 Å². The summed E-state index contributed by atoms with van der Waals surface area (Å²) in [7, 11) is 0. The topological polar surface area (TPSA) is 55.8 Å². The summed E-state index contributed by atoms with van der Waals surface area (Å²) < 4.78 is 10.2. The smallest absolute Gasteiger partial charge is 0.305 e. The van der Waals surface area contributed by atoms with E-state index in [1.807, 2.05) is 24.3 Å². The van der Waals surface area contributed by atoms with Crippen molar-refractivity contribution in [1.29, 1.82) is 0 Å². The summed E-state index contributed by atoms with van der Waals surface area (Å²) in [6.07, 6.45) is 1.20. The number of carbonyl (C=O) groups is 2. The second-order valence-electron chi connectivity index (χ2n) is 5.23. The zero-order valence-corrected chi connectivity index (χ0v) is 13.0. The Kier molecular flexibility index (Phi) is 6.40. The van der Waals surface area contributed by atoms with Crippen molar-refractivity contribution in [3.8, 4) is 0 Å². The zero-order valence-electron chi connectivity index (χ0n) is 13.0. The molecule has 1 aromatic rings. The fraction of sp³-hybridized carbons (Fsp3) is 0.529. The molecule has 1 aliphatic rings. The van der Waals surface area contributed by atoms with Crippen LogP contribution in [-0.4, -0.2) is 44.7 Å². The monoisotopic (exact) mass is 305 g/mol. The third-order valence-electron chi connectivity index (χ3n) is 3.66. The number of hydrogen-bond donors (Lipinski definition) is 0. The van der Waals surface area contributed by atoms with Crippen LogP contribution in [0.15, 0.2) is 24.3 Å². The van der Waals surface area contributed by atoms with Crippen molar-refractivity contribution < 1.29 is 19.1 Å². The first-order chi connectivity index (χ1) is 10.7. The van der Waals surface area contributed by atoms with E-state index in [4.69, 9.17) is 9.47 Å². The third-order valence-corrected chi connectivity index (χ3v) is 3.66. The van der Waals surface area contributed by atoms with Crippen LogP contribution in [0.4, 0.5) is 5.69 Å². The van der Waals surface area contributed by atoms with E-state index in [0.29, 0.717) is 31.4 Å². The Morgan fingerprint density at radius 2 is 1.82 bits per heavy atom. The van der Waals surface area contributed by atoms with Gasteiger partial charge < -0.3 is 14.4 Å². The molecule has 1 saturated heterocycles. The summed E-state index contributed by atoms with van der Waals surface area (Å²) in [6, 6.07) is 7.67. The number of hydrogen-bond acceptors (Lipinski definition) is 5. The molecular weight excluding hydrogens is 282 g/mol. The van der Waals surface area contributed by atoms with Crippen molar-refractivity contribution in [2.75, 3.05) is 37.8 Å². The Bertz CT molecular complexity index is 492. The number of morpholine rings is 1. The predicted octanol–water partition coefficient (Wildman–Crippen LogP) is 2.44. The minimum Gasteiger partial charge on any atom is -0.466 e. The summed E-state index contributed by atoms with van der Waals surface area (Å²) in [5.74, 6) is -0.171. The number of Topliss-reactive ketones (excluding diaryl/α,β-unsaturated/α-hetero) is 1. The van der Waals surface area contributed by atoms with Crippen LogP contribution in [-0.2, 0) is 14.3 Å². The van der Waals surface area contributed by atoms with Gasteiger partial charge in [-0.15, -0.1) is 0 Å². The SMILES string of the molecule is CCOC(=O)CCCC(=O)c1ccc(N2CCOCC2)cc1. The largest absolute Gasteiger partial charge is 0.466 e. The fourth-order valence-corrected chi connectivity index (χ4v) is 2.45. The number of carbonyl (C=O) groups excluding carboxylic acids is 2. The summed E-state index contributed by atoms with van der Waals surface area (Å²) in [5, 5.41) is 0. The van der Waals surface area contributed by atoms with E-state index >= 15 is 0 Å². The van der Waals surface area contributed by atoms with Gasteiger partial charge in [0.1, 0.15) is 0 Å². The number of anilines is 1. The standard InChI is InChI=1S/C17H23NO4/c1-2-22-17(20)5-3-4-16(19)14-6-8-15(9-7-14)18-10-12-21-13-11-18/h6-9H,2-5,10-13H2,1H3. The molecule has 0 radical (unpaired) electrons. The van der Waals surface area contributed by atoms with Gasteiger partial charge in [0.05, 0.1) is 19.8 Å². The van der Waals surface area contributed by atoms with Gasteiger partial charge in [-0.25, -0.2) is 0 Å². The molecule has 0 unspecified atom stereocenters. The van der Waals surface area contributed by atoms with Gasteiger partial charge in [0.2, 0.25) is 0 Å². The Hall–Kier alpha value is -1.88. The van der Waals surface area contributed by atoms with E-state index in [2.05, 4.69) is 4.90 Å². The van der Waals surface area contributed by atoms with Crippen LogP contribution < -0.4 is 4.90 Å². The highest BCUT2D eigenvalue weighted by atomic mass is 16.5. The lowest BCUT2D eigenvalue weighted by Crippen LogP contribution is -2.36. The van der Waals surface area contributed by atoms with E-state index in [1.165, 1.54) is 0 Å². The summed E-state index contributed by atoms with van der Waals surface area (Å²) >= 11 is 0. The summed E-state index contributed by atoms with van der Waals surface area (Å²) in [6.45, 7) is 5.41. The van der Waals surface area contributed by atoms with Gasteiger partial charge in [-0.1, -0.05) is 0 Å². The van der Waals surface area contributed by atoms with Crippen molar-refractivity contribution in [2.45, 2.75) is 26.2 Å². The van der Waals surface area contributed by atoms with Crippen LogP contribution >= 0.6 is 0 Å². The summed E-state index contributed by atoms with van der Waals surface area (Å²) in [5.41, 5.74) is 1.81. The summed E-state index contributed by atoms with van der Waals surface area (Å²) in [4.78, 5) is 25.6. The van der Waals surface area contributed by atoms with Gasteiger partial charge in [-0.05, 0) is 37.6 Å². The number of esters is 1.